The Hall–Kier alpha value is -3.64. The second-order valence-electron chi connectivity index (χ2n) is 7.65. The normalized spacial score (nSPS) is 14.9. The van der Waals surface area contributed by atoms with E-state index in [-0.39, 0.29) is 11.8 Å². The summed E-state index contributed by atoms with van der Waals surface area (Å²) in [6.45, 7) is 2.12. The number of hydrogen-bond acceptors (Lipinski definition) is 3. The van der Waals surface area contributed by atoms with Gasteiger partial charge in [0.1, 0.15) is 12.3 Å². The lowest BCUT2D eigenvalue weighted by atomic mass is 10.00. The molecule has 158 valence electrons. The number of benzene rings is 3. The zero-order valence-electron chi connectivity index (χ0n) is 17.5. The summed E-state index contributed by atoms with van der Waals surface area (Å²) < 4.78 is 5.14. The Labute approximate surface area is 181 Å². The van der Waals surface area contributed by atoms with E-state index in [2.05, 4.69) is 28.8 Å². The van der Waals surface area contributed by atoms with Crippen molar-refractivity contribution in [2.24, 2.45) is 0 Å². The van der Waals surface area contributed by atoms with Crippen LogP contribution in [0.5, 0.6) is 5.75 Å². The average Bonchev–Trinajstić information content (AvgIpc) is 2.79. The summed E-state index contributed by atoms with van der Waals surface area (Å²) in [6.07, 6.45) is 0.972. The Morgan fingerprint density at radius 3 is 2.39 bits per heavy atom. The monoisotopic (exact) mass is 416 g/mol. The van der Waals surface area contributed by atoms with Crippen LogP contribution in [0.15, 0.2) is 72.8 Å². The molecule has 0 radical (unpaired) electrons. The van der Waals surface area contributed by atoms with Gasteiger partial charge in [-0.2, -0.15) is 0 Å². The van der Waals surface area contributed by atoms with Crippen LogP contribution < -0.4 is 20.3 Å². The highest BCUT2D eigenvalue weighted by molar-refractivity contribution is 6.10. The smallest absolute Gasteiger partial charge is 0.279 e. The van der Waals surface area contributed by atoms with Crippen LogP contribution in [0.4, 0.5) is 11.4 Å². The number of methoxy groups -OCH3 is 1. The van der Waals surface area contributed by atoms with Gasteiger partial charge < -0.3 is 20.3 Å². The molecule has 6 heteroatoms. The molecule has 2 amide bonds. The van der Waals surface area contributed by atoms with Crippen molar-refractivity contribution in [3.05, 3.63) is 89.5 Å². The summed E-state index contributed by atoms with van der Waals surface area (Å²) in [4.78, 5) is 26.7. The summed E-state index contributed by atoms with van der Waals surface area (Å²) >= 11 is 0. The molecule has 1 aliphatic heterocycles. The number of amides is 2. The number of nitrogens with one attached hydrogen (secondary N) is 3. The van der Waals surface area contributed by atoms with Crippen molar-refractivity contribution in [1.29, 1.82) is 0 Å². The highest BCUT2D eigenvalue weighted by atomic mass is 16.5. The number of carbonyl (C=O) groups excluding carboxylic acids is 2. The van der Waals surface area contributed by atoms with E-state index in [4.69, 9.17) is 4.74 Å². The minimum Gasteiger partial charge on any atom is -0.497 e. The van der Waals surface area contributed by atoms with Gasteiger partial charge >= 0.3 is 0 Å². The molecule has 3 aromatic rings. The fraction of sp³-hybridized carbons (Fsp3) is 0.200. The highest BCUT2D eigenvalue weighted by Gasteiger charge is 2.22. The molecule has 4 rings (SSSR count). The first-order valence-corrected chi connectivity index (χ1v) is 10.4. The van der Waals surface area contributed by atoms with Gasteiger partial charge in [0.2, 0.25) is 0 Å². The molecule has 1 heterocycles. The summed E-state index contributed by atoms with van der Waals surface area (Å²) in [5.74, 6) is 0.341. The maximum atomic E-state index is 12.8. The molecular formula is C25H26N3O3+. The molecule has 0 saturated heterocycles. The van der Waals surface area contributed by atoms with Gasteiger partial charge in [0.25, 0.3) is 11.8 Å². The van der Waals surface area contributed by atoms with Crippen LogP contribution in [-0.2, 0) is 17.8 Å². The van der Waals surface area contributed by atoms with Gasteiger partial charge in [0, 0.05) is 17.7 Å². The maximum absolute atomic E-state index is 12.8. The zero-order valence-corrected chi connectivity index (χ0v) is 17.5. The van der Waals surface area contributed by atoms with Crippen LogP contribution in [0.1, 0.15) is 21.5 Å². The number of quaternary nitrogens is 1. The topological polar surface area (TPSA) is 71.9 Å². The van der Waals surface area contributed by atoms with Crippen molar-refractivity contribution < 1.29 is 19.2 Å². The Bertz CT molecular complexity index is 1080. The number of carbonyl (C=O) groups is 2. The molecular weight excluding hydrogens is 390 g/mol. The van der Waals surface area contributed by atoms with Crippen LogP contribution in [0, 0.1) is 0 Å². The molecule has 1 unspecified atom stereocenters. The van der Waals surface area contributed by atoms with E-state index in [1.54, 1.807) is 49.6 Å². The lowest BCUT2D eigenvalue weighted by Gasteiger charge is -2.25. The van der Waals surface area contributed by atoms with Crippen molar-refractivity contribution in [1.82, 2.24) is 0 Å². The van der Waals surface area contributed by atoms with E-state index in [0.717, 1.165) is 19.5 Å². The minimum atomic E-state index is -0.277. The predicted molar refractivity (Wildman–Crippen MR) is 121 cm³/mol. The van der Waals surface area contributed by atoms with E-state index in [9.17, 15) is 9.59 Å². The molecule has 3 N–H and O–H groups in total. The Balaban J connectivity index is 1.40. The van der Waals surface area contributed by atoms with E-state index in [1.165, 1.54) is 16.0 Å². The van der Waals surface area contributed by atoms with Crippen LogP contribution in [0.3, 0.4) is 0 Å². The quantitative estimate of drug-likeness (QED) is 0.578. The molecule has 0 fully saturated rings. The first-order valence-electron chi connectivity index (χ1n) is 10.4. The molecule has 0 aliphatic carbocycles. The van der Waals surface area contributed by atoms with E-state index >= 15 is 0 Å². The molecule has 1 atom stereocenters. The van der Waals surface area contributed by atoms with Gasteiger partial charge in [-0.1, -0.05) is 36.4 Å². The zero-order chi connectivity index (χ0) is 21.6. The molecule has 31 heavy (non-hydrogen) atoms. The van der Waals surface area contributed by atoms with Crippen molar-refractivity contribution in [2.45, 2.75) is 13.0 Å². The third-order valence-electron chi connectivity index (χ3n) is 5.51. The van der Waals surface area contributed by atoms with Gasteiger partial charge in [0.05, 0.1) is 24.9 Å². The van der Waals surface area contributed by atoms with Crippen molar-refractivity contribution in [3.63, 3.8) is 0 Å². The molecule has 3 aromatic carbocycles. The summed E-state index contributed by atoms with van der Waals surface area (Å²) in [7, 11) is 1.59. The molecule has 0 saturated carbocycles. The second-order valence-corrected chi connectivity index (χ2v) is 7.65. The summed E-state index contributed by atoms with van der Waals surface area (Å²) in [6, 6.07) is 22.5. The first-order chi connectivity index (χ1) is 15.1. The molecule has 0 aromatic heterocycles. The van der Waals surface area contributed by atoms with Gasteiger partial charge in [0.15, 0.2) is 6.54 Å². The number of rotatable bonds is 6. The highest BCUT2D eigenvalue weighted by Crippen LogP contribution is 2.19. The second kappa shape index (κ2) is 9.45. The van der Waals surface area contributed by atoms with Crippen molar-refractivity contribution >= 4 is 23.2 Å². The first kappa shape index (κ1) is 20.6. The van der Waals surface area contributed by atoms with Crippen molar-refractivity contribution in [3.8, 4) is 5.75 Å². The van der Waals surface area contributed by atoms with Gasteiger partial charge in [-0.05, 0) is 42.0 Å². The van der Waals surface area contributed by atoms with Crippen LogP contribution in [0.2, 0.25) is 0 Å². The number of anilines is 2. The Morgan fingerprint density at radius 2 is 1.61 bits per heavy atom. The number of fused-ring (bicyclic) bond motifs is 1. The van der Waals surface area contributed by atoms with Crippen LogP contribution in [0.25, 0.3) is 0 Å². The van der Waals surface area contributed by atoms with Crippen LogP contribution in [-0.4, -0.2) is 32.0 Å². The number of ether oxygens (including phenoxy) is 1. The number of para-hydroxylation sites is 1. The predicted octanol–water partition coefficient (Wildman–Crippen LogP) is 2.53. The third kappa shape index (κ3) is 5.10. The fourth-order valence-electron chi connectivity index (χ4n) is 3.88. The van der Waals surface area contributed by atoms with Gasteiger partial charge in [-0.3, -0.25) is 9.59 Å². The maximum Gasteiger partial charge on any atom is 0.279 e. The molecule has 0 spiro atoms. The lowest BCUT2D eigenvalue weighted by molar-refractivity contribution is -0.907. The van der Waals surface area contributed by atoms with E-state index in [1.807, 2.05) is 12.1 Å². The lowest BCUT2D eigenvalue weighted by Crippen LogP contribution is -3.12. The average molecular weight is 417 g/mol. The Morgan fingerprint density at radius 1 is 0.903 bits per heavy atom. The third-order valence-corrected chi connectivity index (χ3v) is 5.51. The standard InChI is InChI=1S/C25H25N3O3/c1-31-21-12-10-20(11-13-21)26-25(30)22-8-4-5-9-23(22)27-24(29)17-28-15-14-18-6-2-3-7-19(18)16-28/h2-13H,14-17H2,1H3,(H,26,30)(H,27,29)/p+1. The fourth-order valence-corrected chi connectivity index (χ4v) is 3.88. The minimum absolute atomic E-state index is 0.0981. The SMILES string of the molecule is COc1ccc(NC(=O)c2ccccc2NC(=O)C[NH+]2CCc3ccccc3C2)cc1. The van der Waals surface area contributed by atoms with Gasteiger partial charge in [-0.25, -0.2) is 0 Å². The summed E-state index contributed by atoms with van der Waals surface area (Å²) in [5, 5.41) is 5.79. The molecule has 1 aliphatic rings. The van der Waals surface area contributed by atoms with Crippen LogP contribution >= 0.6 is 0 Å². The molecule has 6 nitrogen and oxygen atoms in total. The van der Waals surface area contributed by atoms with E-state index < -0.39 is 0 Å². The van der Waals surface area contributed by atoms with Gasteiger partial charge in [-0.15, -0.1) is 0 Å². The van der Waals surface area contributed by atoms with E-state index in [0.29, 0.717) is 29.2 Å². The Kier molecular flexibility index (Phi) is 6.29. The van der Waals surface area contributed by atoms with Crippen molar-refractivity contribution in [2.75, 3.05) is 30.8 Å². The molecule has 0 bridgehead atoms. The number of hydrogen-bond donors (Lipinski definition) is 3. The largest absolute Gasteiger partial charge is 0.497 e. The summed E-state index contributed by atoms with van der Waals surface area (Å²) in [5.41, 5.74) is 4.26.